The van der Waals surface area contributed by atoms with Gasteiger partial charge in [-0.15, -0.1) is 0 Å². The van der Waals surface area contributed by atoms with Crippen LogP contribution in [0.1, 0.15) is 43.0 Å². The van der Waals surface area contributed by atoms with Crippen molar-refractivity contribution in [2.45, 2.75) is 38.6 Å². The van der Waals surface area contributed by atoms with E-state index in [2.05, 4.69) is 6.92 Å². The number of hydrogen-bond acceptors (Lipinski definition) is 2. The molecule has 0 radical (unpaired) electrons. The van der Waals surface area contributed by atoms with Crippen LogP contribution in [-0.2, 0) is 0 Å². The van der Waals surface area contributed by atoms with E-state index in [4.69, 9.17) is 5.73 Å². The van der Waals surface area contributed by atoms with E-state index < -0.39 is 5.82 Å². The number of nitrogens with zero attached hydrogens (tertiary/aromatic N) is 1. The Morgan fingerprint density at radius 3 is 3.00 bits per heavy atom. The van der Waals surface area contributed by atoms with Crippen LogP contribution in [0.15, 0.2) is 18.2 Å². The van der Waals surface area contributed by atoms with Gasteiger partial charge in [0.1, 0.15) is 5.82 Å². The maximum Gasteiger partial charge on any atom is 0.256 e. The summed E-state index contributed by atoms with van der Waals surface area (Å²) in [4.78, 5) is 14.3. The lowest BCUT2D eigenvalue weighted by Crippen LogP contribution is -2.43. The summed E-state index contributed by atoms with van der Waals surface area (Å²) < 4.78 is 13.2. The first-order chi connectivity index (χ1) is 8.63. The summed E-state index contributed by atoms with van der Waals surface area (Å²) >= 11 is 0. The van der Waals surface area contributed by atoms with Gasteiger partial charge in [-0.1, -0.05) is 6.92 Å². The van der Waals surface area contributed by atoms with Crippen molar-refractivity contribution in [3.8, 4) is 0 Å². The number of rotatable bonds is 2. The van der Waals surface area contributed by atoms with Gasteiger partial charge in [-0.2, -0.15) is 0 Å². The molecule has 1 aliphatic rings. The van der Waals surface area contributed by atoms with Gasteiger partial charge in [0, 0.05) is 18.3 Å². The zero-order valence-corrected chi connectivity index (χ0v) is 10.7. The molecule has 1 amide bonds. The van der Waals surface area contributed by atoms with E-state index >= 15 is 0 Å². The van der Waals surface area contributed by atoms with Gasteiger partial charge in [-0.05, 0) is 43.9 Å². The fourth-order valence-corrected chi connectivity index (χ4v) is 2.56. The molecular formula is C14H19FN2O. The summed E-state index contributed by atoms with van der Waals surface area (Å²) in [6.07, 6.45) is 4.12. The molecule has 1 atom stereocenters. The van der Waals surface area contributed by atoms with Crippen LogP contribution in [0.2, 0.25) is 0 Å². The average Bonchev–Trinajstić information content (AvgIpc) is 2.40. The number of carbonyl (C=O) groups excluding carboxylic acids is 1. The summed E-state index contributed by atoms with van der Waals surface area (Å²) in [5.41, 5.74) is 6.41. The molecule has 0 bridgehead atoms. The molecule has 1 fully saturated rings. The zero-order chi connectivity index (χ0) is 13.1. The Bertz CT molecular complexity index is 447. The van der Waals surface area contributed by atoms with Crippen LogP contribution in [0.25, 0.3) is 0 Å². The number of nitrogen functional groups attached to an aromatic ring is 1. The molecule has 2 rings (SSSR count). The molecule has 0 spiro atoms. The van der Waals surface area contributed by atoms with E-state index in [0.29, 0.717) is 5.69 Å². The Morgan fingerprint density at radius 2 is 2.28 bits per heavy atom. The standard InChI is InChI=1S/C14H19FN2O/c1-2-11-5-3-4-8-17(11)14(18)12-9-10(15)6-7-13(12)16/h6-7,9,11H,2-5,8,16H2,1H3. The van der Waals surface area contributed by atoms with Crippen molar-refractivity contribution < 1.29 is 9.18 Å². The molecule has 4 heteroatoms. The minimum atomic E-state index is -0.419. The molecule has 98 valence electrons. The lowest BCUT2D eigenvalue weighted by atomic mass is 9.98. The molecule has 1 aromatic carbocycles. The van der Waals surface area contributed by atoms with E-state index in [1.165, 1.54) is 18.2 Å². The highest BCUT2D eigenvalue weighted by molar-refractivity contribution is 5.99. The van der Waals surface area contributed by atoms with E-state index in [-0.39, 0.29) is 17.5 Å². The SMILES string of the molecule is CCC1CCCCN1C(=O)c1cc(F)ccc1N. The number of carbonyl (C=O) groups is 1. The predicted molar refractivity (Wildman–Crippen MR) is 69.8 cm³/mol. The van der Waals surface area contributed by atoms with Crippen LogP contribution in [0.4, 0.5) is 10.1 Å². The van der Waals surface area contributed by atoms with E-state index in [1.807, 2.05) is 4.90 Å². The Kier molecular flexibility index (Phi) is 3.84. The molecule has 0 saturated carbocycles. The quantitative estimate of drug-likeness (QED) is 0.820. The molecule has 1 unspecified atom stereocenters. The maximum absolute atomic E-state index is 13.2. The second kappa shape index (κ2) is 5.38. The number of amides is 1. The summed E-state index contributed by atoms with van der Waals surface area (Å²) in [5, 5.41) is 0. The third kappa shape index (κ3) is 2.47. The summed E-state index contributed by atoms with van der Waals surface area (Å²) in [7, 11) is 0. The summed E-state index contributed by atoms with van der Waals surface area (Å²) in [6, 6.07) is 4.22. The van der Waals surface area contributed by atoms with E-state index in [9.17, 15) is 9.18 Å². The van der Waals surface area contributed by atoms with Crippen LogP contribution in [0, 0.1) is 5.82 Å². The van der Waals surface area contributed by atoms with Crippen LogP contribution in [0.5, 0.6) is 0 Å². The van der Waals surface area contributed by atoms with Gasteiger partial charge in [0.2, 0.25) is 0 Å². The minimum absolute atomic E-state index is 0.140. The number of piperidine rings is 1. The number of benzene rings is 1. The minimum Gasteiger partial charge on any atom is -0.398 e. The largest absolute Gasteiger partial charge is 0.398 e. The van der Waals surface area contributed by atoms with Crippen molar-refractivity contribution in [1.82, 2.24) is 4.90 Å². The van der Waals surface area contributed by atoms with Crippen LogP contribution >= 0.6 is 0 Å². The van der Waals surface area contributed by atoms with Crippen LogP contribution in [-0.4, -0.2) is 23.4 Å². The highest BCUT2D eigenvalue weighted by atomic mass is 19.1. The number of halogens is 1. The Hall–Kier alpha value is -1.58. The predicted octanol–water partition coefficient (Wildman–Crippen LogP) is 2.81. The third-order valence-corrected chi connectivity index (χ3v) is 3.60. The number of nitrogens with two attached hydrogens (primary N) is 1. The van der Waals surface area contributed by atoms with Gasteiger partial charge in [-0.25, -0.2) is 4.39 Å². The fraction of sp³-hybridized carbons (Fsp3) is 0.500. The smallest absolute Gasteiger partial charge is 0.256 e. The molecule has 1 heterocycles. The van der Waals surface area contributed by atoms with E-state index in [1.54, 1.807) is 0 Å². The first-order valence-corrected chi connectivity index (χ1v) is 6.49. The molecule has 1 saturated heterocycles. The Balaban J connectivity index is 2.26. The van der Waals surface area contributed by atoms with Crippen molar-refractivity contribution >= 4 is 11.6 Å². The van der Waals surface area contributed by atoms with Gasteiger partial charge >= 0.3 is 0 Å². The Labute approximate surface area is 107 Å². The van der Waals surface area contributed by atoms with E-state index in [0.717, 1.165) is 32.2 Å². The first-order valence-electron chi connectivity index (χ1n) is 6.49. The molecular weight excluding hydrogens is 231 g/mol. The monoisotopic (exact) mass is 250 g/mol. The Morgan fingerprint density at radius 1 is 1.50 bits per heavy atom. The fourth-order valence-electron chi connectivity index (χ4n) is 2.56. The second-order valence-corrected chi connectivity index (χ2v) is 4.79. The third-order valence-electron chi connectivity index (χ3n) is 3.60. The molecule has 18 heavy (non-hydrogen) atoms. The number of anilines is 1. The maximum atomic E-state index is 13.2. The topological polar surface area (TPSA) is 46.3 Å². The van der Waals surface area contributed by atoms with Crippen LogP contribution in [0.3, 0.4) is 0 Å². The highest BCUT2D eigenvalue weighted by Gasteiger charge is 2.27. The van der Waals surface area contributed by atoms with Crippen molar-refractivity contribution in [2.75, 3.05) is 12.3 Å². The summed E-state index contributed by atoms with van der Waals surface area (Å²) in [5.74, 6) is -0.559. The normalized spacial score (nSPS) is 19.9. The van der Waals surface area contributed by atoms with Crippen molar-refractivity contribution in [3.05, 3.63) is 29.6 Å². The molecule has 3 nitrogen and oxygen atoms in total. The van der Waals surface area contributed by atoms with Gasteiger partial charge in [0.05, 0.1) is 5.56 Å². The van der Waals surface area contributed by atoms with Crippen molar-refractivity contribution in [2.24, 2.45) is 0 Å². The van der Waals surface area contributed by atoms with Gasteiger partial charge < -0.3 is 10.6 Å². The second-order valence-electron chi connectivity index (χ2n) is 4.79. The van der Waals surface area contributed by atoms with Gasteiger partial charge in [-0.3, -0.25) is 4.79 Å². The number of likely N-dealkylation sites (tertiary alicyclic amines) is 1. The summed E-state index contributed by atoms with van der Waals surface area (Å²) in [6.45, 7) is 2.82. The number of hydrogen-bond donors (Lipinski definition) is 1. The average molecular weight is 250 g/mol. The van der Waals surface area contributed by atoms with Gasteiger partial charge in [0.15, 0.2) is 0 Å². The van der Waals surface area contributed by atoms with Crippen molar-refractivity contribution in [1.29, 1.82) is 0 Å². The first kappa shape index (κ1) is 12.9. The van der Waals surface area contributed by atoms with Crippen LogP contribution < -0.4 is 5.73 Å². The lowest BCUT2D eigenvalue weighted by Gasteiger charge is -2.35. The molecule has 1 aromatic rings. The van der Waals surface area contributed by atoms with Gasteiger partial charge in [0.25, 0.3) is 5.91 Å². The molecule has 2 N–H and O–H groups in total. The highest BCUT2D eigenvalue weighted by Crippen LogP contribution is 2.24. The molecule has 0 aromatic heterocycles. The lowest BCUT2D eigenvalue weighted by molar-refractivity contribution is 0.0608. The molecule has 0 aliphatic carbocycles. The van der Waals surface area contributed by atoms with Crippen molar-refractivity contribution in [3.63, 3.8) is 0 Å². The molecule has 1 aliphatic heterocycles. The zero-order valence-electron chi connectivity index (χ0n) is 10.7.